The molecule has 2 aromatic heterocycles. The number of halogens is 3. The van der Waals surface area contributed by atoms with Crippen molar-refractivity contribution in [3.05, 3.63) is 60.2 Å². The lowest BCUT2D eigenvalue weighted by Gasteiger charge is -2.46. The Morgan fingerprint density at radius 3 is 2.33 bits per heavy atom. The van der Waals surface area contributed by atoms with Crippen molar-refractivity contribution >= 4 is 40.3 Å². The number of aromatic nitrogens is 3. The Morgan fingerprint density at radius 2 is 1.65 bits per heavy atom. The number of rotatable bonds is 19. The molecule has 4 fully saturated rings. The number of ether oxygens (including phenoxy) is 2. The number of benzene rings is 1. The van der Waals surface area contributed by atoms with Gasteiger partial charge < -0.3 is 45.4 Å². The van der Waals surface area contributed by atoms with Crippen LogP contribution in [0.1, 0.15) is 88.8 Å². The number of fused-ring (bicyclic) bond motifs is 1. The van der Waals surface area contributed by atoms with Crippen molar-refractivity contribution in [1.29, 1.82) is 0 Å². The average molecular weight is 923 g/mol. The van der Waals surface area contributed by atoms with Crippen molar-refractivity contribution in [3.63, 3.8) is 0 Å². The highest BCUT2D eigenvalue weighted by Crippen LogP contribution is 2.38. The first-order valence-corrected chi connectivity index (χ1v) is 23.4. The molecule has 360 valence electrons. The van der Waals surface area contributed by atoms with E-state index in [0.717, 1.165) is 62.6 Å². The normalized spacial score (nSPS) is 26.1. The smallest absolute Gasteiger partial charge is 0.377 e. The Kier molecular flexibility index (Phi) is 16.5. The zero-order valence-corrected chi connectivity index (χ0v) is 38.4. The second-order valence-corrected chi connectivity index (χ2v) is 18.4. The summed E-state index contributed by atoms with van der Waals surface area (Å²) in [6.07, 6.45) is 6.56. The number of hydrogen-bond acceptors (Lipinski definition) is 12. The lowest BCUT2D eigenvalue weighted by atomic mass is 9.81. The molecule has 4 heterocycles. The molecule has 0 spiro atoms. The molecule has 2 aliphatic carbocycles. The van der Waals surface area contributed by atoms with Crippen molar-refractivity contribution in [2.24, 2.45) is 11.8 Å². The molecule has 0 bridgehead atoms. The van der Waals surface area contributed by atoms with Crippen molar-refractivity contribution < 1.29 is 41.8 Å². The van der Waals surface area contributed by atoms with E-state index in [4.69, 9.17) is 9.47 Å². The summed E-state index contributed by atoms with van der Waals surface area (Å²) < 4.78 is 52.0. The van der Waals surface area contributed by atoms with E-state index >= 15 is 0 Å². The molecule has 66 heavy (non-hydrogen) atoms. The van der Waals surface area contributed by atoms with Crippen LogP contribution in [0.15, 0.2) is 49.1 Å². The highest BCUT2D eigenvalue weighted by Gasteiger charge is 2.45. The Bertz CT molecular complexity index is 2130. The SMILES string of the molecule is CC(C)N(C)[C@@H]1CC[C@H](N2CC[C@H](Nc3ncnc4ccc(C(F)(F)F)cc34)C2=O)[C@H](NC2CCC(C(=O)NCCOCCOCCNC(=O)[C@H]3CC(=O)N(C)[C@@H]3c3cccnc3)CC2)C1. The molecule has 4 aliphatic rings. The molecule has 7 rings (SSSR count). The molecule has 0 radical (unpaired) electrons. The van der Waals surface area contributed by atoms with Crippen LogP contribution >= 0.6 is 0 Å². The number of nitrogens with zero attached hydrogens (tertiary/aromatic N) is 6. The summed E-state index contributed by atoms with van der Waals surface area (Å²) in [5.41, 5.74) is 0.387. The number of amides is 4. The molecule has 2 aliphatic heterocycles. The number of alkyl halides is 3. The summed E-state index contributed by atoms with van der Waals surface area (Å²) in [5, 5.41) is 13.2. The van der Waals surface area contributed by atoms with Crippen LogP contribution in [0.4, 0.5) is 19.0 Å². The predicted octanol–water partition coefficient (Wildman–Crippen LogP) is 4.32. The van der Waals surface area contributed by atoms with E-state index in [2.05, 4.69) is 62.0 Å². The zero-order chi connectivity index (χ0) is 47.0. The highest BCUT2D eigenvalue weighted by atomic mass is 19.4. The largest absolute Gasteiger partial charge is 0.416 e. The van der Waals surface area contributed by atoms with Crippen LogP contribution in [0.5, 0.6) is 0 Å². The third-order valence-corrected chi connectivity index (χ3v) is 14.1. The molecule has 0 unspecified atom stereocenters. The number of carbonyl (C=O) groups excluding carboxylic acids is 4. The number of carbonyl (C=O) groups is 4. The summed E-state index contributed by atoms with van der Waals surface area (Å²) in [5.74, 6) is -0.725. The molecular formula is C47H65F3N10O6. The molecule has 19 heteroatoms. The zero-order valence-electron chi connectivity index (χ0n) is 38.4. The predicted molar refractivity (Wildman–Crippen MR) is 241 cm³/mol. The fraction of sp³-hybridized carbons (Fsp3) is 0.638. The van der Waals surface area contributed by atoms with Crippen molar-refractivity contribution in [1.82, 2.24) is 45.6 Å². The minimum Gasteiger partial charge on any atom is -0.377 e. The maximum atomic E-state index is 14.1. The van der Waals surface area contributed by atoms with Gasteiger partial charge >= 0.3 is 6.18 Å². The van der Waals surface area contributed by atoms with E-state index in [1.165, 1.54) is 12.4 Å². The lowest BCUT2D eigenvalue weighted by Crippen LogP contribution is -2.59. The minimum atomic E-state index is -4.52. The van der Waals surface area contributed by atoms with Gasteiger partial charge in [0.25, 0.3) is 0 Å². The maximum absolute atomic E-state index is 14.1. The van der Waals surface area contributed by atoms with Crippen LogP contribution in [0, 0.1) is 11.8 Å². The highest BCUT2D eigenvalue weighted by molar-refractivity contribution is 5.93. The van der Waals surface area contributed by atoms with Crippen LogP contribution in [-0.2, 0) is 34.8 Å². The number of nitrogens with one attached hydrogen (secondary N) is 4. The van der Waals surface area contributed by atoms with E-state index in [9.17, 15) is 32.3 Å². The first-order valence-electron chi connectivity index (χ1n) is 23.4. The van der Waals surface area contributed by atoms with Crippen molar-refractivity contribution in [2.75, 3.05) is 65.5 Å². The first-order chi connectivity index (χ1) is 31.7. The van der Waals surface area contributed by atoms with Crippen molar-refractivity contribution in [3.8, 4) is 0 Å². The number of anilines is 1. The van der Waals surface area contributed by atoms with Crippen LogP contribution in [-0.4, -0.2) is 150 Å². The van der Waals surface area contributed by atoms with E-state index in [-0.39, 0.29) is 71.3 Å². The molecular weight excluding hydrogens is 858 g/mol. The monoisotopic (exact) mass is 923 g/mol. The molecule has 2 saturated heterocycles. The fourth-order valence-electron chi connectivity index (χ4n) is 10.2. The number of pyridine rings is 1. The molecule has 4 N–H and O–H groups in total. The lowest BCUT2D eigenvalue weighted by molar-refractivity contribution is -0.137. The quantitative estimate of drug-likeness (QED) is 0.125. The second kappa shape index (κ2) is 22.2. The molecule has 4 amide bonds. The Hall–Kier alpha value is -4.98. The summed E-state index contributed by atoms with van der Waals surface area (Å²) >= 11 is 0. The fourth-order valence-corrected chi connectivity index (χ4v) is 10.2. The van der Waals surface area contributed by atoms with E-state index < -0.39 is 23.7 Å². The third-order valence-electron chi connectivity index (χ3n) is 14.1. The Balaban J connectivity index is 0.814. The van der Waals surface area contributed by atoms with Gasteiger partial charge in [0.1, 0.15) is 18.2 Å². The first kappa shape index (κ1) is 48.9. The van der Waals surface area contributed by atoms with Crippen molar-refractivity contribution in [2.45, 2.75) is 120 Å². The van der Waals surface area contributed by atoms with Gasteiger partial charge in [-0.3, -0.25) is 24.2 Å². The van der Waals surface area contributed by atoms with Gasteiger partial charge in [0.05, 0.1) is 49.5 Å². The standard InChI is InChI=1S/C47H65F3N10O6/c1-29(2)58(3)34-12-14-40(60-19-15-38(46(60)64)57-43-35-24-32(47(48,49)50)9-13-37(35)54-28-55-43)39(25-34)56-33-10-7-30(8-11-33)44(62)52-17-20-65-22-23-66-21-18-53-45(63)36-26-41(61)59(4)42(36)31-6-5-16-51-27-31/h5-6,9,13,16,24,27-30,33-34,36,38-40,42,56H,7-8,10-12,14-15,17-23,25-26H2,1-4H3,(H,52,62)(H,53,63)(H,54,55,57)/t30?,33?,34-,36+,38+,39-,40+,42-/m1/s1. The van der Waals surface area contributed by atoms with Crippen LogP contribution in [0.25, 0.3) is 10.9 Å². The van der Waals surface area contributed by atoms with Gasteiger partial charge in [0.2, 0.25) is 23.6 Å². The van der Waals surface area contributed by atoms with Gasteiger partial charge in [-0.1, -0.05) is 6.07 Å². The minimum absolute atomic E-state index is 0.0198. The van der Waals surface area contributed by atoms with Gasteiger partial charge in [-0.05, 0) is 102 Å². The third kappa shape index (κ3) is 11.9. The van der Waals surface area contributed by atoms with E-state index in [1.54, 1.807) is 30.4 Å². The number of hydrogen-bond donors (Lipinski definition) is 4. The van der Waals surface area contributed by atoms with E-state index in [0.29, 0.717) is 70.1 Å². The molecule has 1 aromatic carbocycles. The Morgan fingerprint density at radius 1 is 0.924 bits per heavy atom. The van der Waals surface area contributed by atoms with E-state index in [1.807, 2.05) is 11.0 Å². The number of likely N-dealkylation sites (tertiary alicyclic amines) is 2. The van der Waals surface area contributed by atoms with Gasteiger partial charge in [-0.15, -0.1) is 0 Å². The molecule has 3 aromatic rings. The summed E-state index contributed by atoms with van der Waals surface area (Å²) in [6.45, 7) is 6.90. The van der Waals surface area contributed by atoms with Crippen LogP contribution in [0.3, 0.4) is 0 Å². The topological polar surface area (TPSA) is 183 Å². The van der Waals surface area contributed by atoms with Gasteiger partial charge in [-0.25, -0.2) is 9.97 Å². The summed E-state index contributed by atoms with van der Waals surface area (Å²) in [4.78, 5) is 71.1. The second-order valence-electron chi connectivity index (χ2n) is 18.4. The van der Waals surface area contributed by atoms with Gasteiger partial charge in [0, 0.05) is 87.0 Å². The maximum Gasteiger partial charge on any atom is 0.416 e. The van der Waals surface area contributed by atoms with Crippen LogP contribution < -0.4 is 21.3 Å². The average Bonchev–Trinajstić information content (AvgIpc) is 3.82. The molecule has 16 nitrogen and oxygen atoms in total. The Labute approximate surface area is 384 Å². The summed E-state index contributed by atoms with van der Waals surface area (Å²) in [6, 6.07) is 6.92. The van der Waals surface area contributed by atoms with Crippen LogP contribution in [0.2, 0.25) is 0 Å². The molecule has 6 atom stereocenters. The van der Waals surface area contributed by atoms with Gasteiger partial charge in [0.15, 0.2) is 0 Å². The molecule has 2 saturated carbocycles. The van der Waals surface area contributed by atoms with Gasteiger partial charge in [-0.2, -0.15) is 13.2 Å². The summed E-state index contributed by atoms with van der Waals surface area (Å²) in [7, 11) is 3.86.